The van der Waals surface area contributed by atoms with Crippen LogP contribution in [-0.4, -0.2) is 14.2 Å². The molecule has 0 aliphatic carbocycles. The summed E-state index contributed by atoms with van der Waals surface area (Å²) in [7, 11) is 3.28. The fourth-order valence-corrected chi connectivity index (χ4v) is 2.25. The molecule has 0 heterocycles. The number of halogens is 1. The van der Waals surface area contributed by atoms with Gasteiger partial charge in [-0.1, -0.05) is 28.1 Å². The molecule has 0 amide bonds. The van der Waals surface area contributed by atoms with Crippen molar-refractivity contribution in [1.29, 1.82) is 0 Å². The Hall–Kier alpha value is -1.68. The predicted octanol–water partition coefficient (Wildman–Crippen LogP) is 3.64. The molecule has 2 aromatic carbocycles. The van der Waals surface area contributed by atoms with Crippen LogP contribution in [-0.2, 0) is 6.42 Å². The van der Waals surface area contributed by atoms with Crippen molar-refractivity contribution in [2.45, 2.75) is 6.42 Å². The van der Waals surface area contributed by atoms with Gasteiger partial charge in [0.05, 0.1) is 14.2 Å². The lowest BCUT2D eigenvalue weighted by Crippen LogP contribution is -2.00. The Morgan fingerprint density at radius 1 is 1.00 bits per heavy atom. The Kier molecular flexibility index (Phi) is 4.32. The van der Waals surface area contributed by atoms with Crippen LogP contribution in [0.15, 0.2) is 40.9 Å². The van der Waals surface area contributed by atoms with Gasteiger partial charge in [0.1, 0.15) is 11.5 Å². The number of rotatable bonds is 4. The summed E-state index contributed by atoms with van der Waals surface area (Å²) in [4.78, 5) is 0. The van der Waals surface area contributed by atoms with Gasteiger partial charge in [0.15, 0.2) is 0 Å². The molecule has 0 aliphatic rings. The molecule has 19 heavy (non-hydrogen) atoms. The first-order valence-corrected chi connectivity index (χ1v) is 6.68. The molecule has 2 rings (SSSR count). The van der Waals surface area contributed by atoms with Crippen molar-refractivity contribution < 1.29 is 9.47 Å². The summed E-state index contributed by atoms with van der Waals surface area (Å²) in [6.45, 7) is 0. The van der Waals surface area contributed by atoms with Crippen LogP contribution in [0, 0.1) is 0 Å². The van der Waals surface area contributed by atoms with E-state index in [2.05, 4.69) is 28.1 Å². The lowest BCUT2D eigenvalue weighted by molar-refractivity contribution is 0.387. The molecule has 100 valence electrons. The second kappa shape index (κ2) is 5.97. The fourth-order valence-electron chi connectivity index (χ4n) is 1.98. The van der Waals surface area contributed by atoms with Crippen molar-refractivity contribution in [3.63, 3.8) is 0 Å². The molecule has 0 unspecified atom stereocenters. The summed E-state index contributed by atoms with van der Waals surface area (Å²) in [6, 6.07) is 11.8. The molecular weight excluding hydrogens is 306 g/mol. The lowest BCUT2D eigenvalue weighted by Gasteiger charge is -2.14. The van der Waals surface area contributed by atoms with E-state index in [-0.39, 0.29) is 0 Å². The van der Waals surface area contributed by atoms with Crippen LogP contribution in [0.25, 0.3) is 0 Å². The number of nitrogens with two attached hydrogens (primary N) is 1. The summed E-state index contributed by atoms with van der Waals surface area (Å²) >= 11 is 3.43. The van der Waals surface area contributed by atoms with Gasteiger partial charge in [-0.15, -0.1) is 0 Å². The monoisotopic (exact) mass is 321 g/mol. The molecule has 0 spiro atoms. The van der Waals surface area contributed by atoms with Gasteiger partial charge in [-0.2, -0.15) is 0 Å². The highest BCUT2D eigenvalue weighted by molar-refractivity contribution is 9.10. The zero-order valence-electron chi connectivity index (χ0n) is 10.9. The summed E-state index contributed by atoms with van der Waals surface area (Å²) < 4.78 is 11.9. The second-order valence-corrected chi connectivity index (χ2v) is 5.12. The Balaban J connectivity index is 2.40. The van der Waals surface area contributed by atoms with Crippen LogP contribution >= 0.6 is 15.9 Å². The molecule has 0 bridgehead atoms. The summed E-state index contributed by atoms with van der Waals surface area (Å²) in [5.74, 6) is 1.50. The van der Waals surface area contributed by atoms with Crippen LogP contribution in [0.4, 0.5) is 5.69 Å². The minimum atomic E-state index is 0.633. The normalized spacial score (nSPS) is 10.3. The highest BCUT2D eigenvalue weighted by atomic mass is 79.9. The molecular formula is C15H16BrNO2. The van der Waals surface area contributed by atoms with E-state index in [1.54, 1.807) is 14.2 Å². The van der Waals surface area contributed by atoms with Crippen molar-refractivity contribution in [3.05, 3.63) is 52.0 Å². The summed E-state index contributed by atoms with van der Waals surface area (Å²) in [5, 5.41) is 0. The van der Waals surface area contributed by atoms with E-state index in [0.29, 0.717) is 5.69 Å². The number of nitrogen functional groups attached to an aromatic ring is 1. The van der Waals surface area contributed by atoms with Crippen molar-refractivity contribution in [2.75, 3.05) is 20.0 Å². The van der Waals surface area contributed by atoms with Crippen LogP contribution in [0.3, 0.4) is 0 Å². The molecule has 2 aromatic rings. The van der Waals surface area contributed by atoms with Crippen molar-refractivity contribution in [2.24, 2.45) is 0 Å². The minimum absolute atomic E-state index is 0.633. The van der Waals surface area contributed by atoms with Crippen LogP contribution in [0.2, 0.25) is 0 Å². The van der Waals surface area contributed by atoms with Gasteiger partial charge in [-0.3, -0.25) is 0 Å². The first-order chi connectivity index (χ1) is 9.13. The minimum Gasteiger partial charge on any atom is -0.496 e. The van der Waals surface area contributed by atoms with Gasteiger partial charge in [0.2, 0.25) is 0 Å². The van der Waals surface area contributed by atoms with E-state index >= 15 is 0 Å². The van der Waals surface area contributed by atoms with E-state index in [1.165, 1.54) is 5.56 Å². The van der Waals surface area contributed by atoms with E-state index in [0.717, 1.165) is 28.0 Å². The maximum atomic E-state index is 5.83. The number of anilines is 1. The Morgan fingerprint density at radius 2 is 1.53 bits per heavy atom. The Morgan fingerprint density at radius 3 is 2.00 bits per heavy atom. The van der Waals surface area contributed by atoms with E-state index in [9.17, 15) is 0 Å². The molecule has 4 heteroatoms. The van der Waals surface area contributed by atoms with Gasteiger partial charge in [-0.25, -0.2) is 0 Å². The number of benzene rings is 2. The van der Waals surface area contributed by atoms with Crippen LogP contribution < -0.4 is 15.2 Å². The van der Waals surface area contributed by atoms with Gasteiger partial charge in [0, 0.05) is 34.3 Å². The second-order valence-electron chi connectivity index (χ2n) is 4.21. The Labute approximate surface area is 121 Å². The van der Waals surface area contributed by atoms with Crippen molar-refractivity contribution in [1.82, 2.24) is 0 Å². The summed E-state index contributed by atoms with van der Waals surface area (Å²) in [6.07, 6.45) is 0.736. The number of ether oxygens (including phenoxy) is 2. The van der Waals surface area contributed by atoms with E-state index < -0.39 is 0 Å². The molecule has 2 N–H and O–H groups in total. The topological polar surface area (TPSA) is 44.5 Å². The summed E-state index contributed by atoms with van der Waals surface area (Å²) in [5.41, 5.74) is 8.65. The SMILES string of the molecule is COc1cc(N)cc(OC)c1Cc1ccc(Br)cc1. The zero-order valence-corrected chi connectivity index (χ0v) is 12.5. The maximum Gasteiger partial charge on any atom is 0.128 e. The third-order valence-corrected chi connectivity index (χ3v) is 3.45. The van der Waals surface area contributed by atoms with Gasteiger partial charge in [-0.05, 0) is 17.7 Å². The molecule has 0 aromatic heterocycles. The molecule has 0 atom stereocenters. The largest absolute Gasteiger partial charge is 0.496 e. The fraction of sp³-hybridized carbons (Fsp3) is 0.200. The molecule has 0 saturated carbocycles. The molecule has 3 nitrogen and oxygen atoms in total. The highest BCUT2D eigenvalue weighted by Gasteiger charge is 2.12. The average Bonchev–Trinajstić information content (AvgIpc) is 2.42. The average molecular weight is 322 g/mol. The molecule has 0 fully saturated rings. The predicted molar refractivity (Wildman–Crippen MR) is 80.9 cm³/mol. The van der Waals surface area contributed by atoms with Crippen LogP contribution in [0.5, 0.6) is 11.5 Å². The van der Waals surface area contributed by atoms with Gasteiger partial charge < -0.3 is 15.2 Å². The molecule has 0 saturated heterocycles. The third-order valence-electron chi connectivity index (χ3n) is 2.92. The maximum absolute atomic E-state index is 5.83. The molecule has 0 radical (unpaired) electrons. The first kappa shape index (κ1) is 13.7. The number of methoxy groups -OCH3 is 2. The van der Waals surface area contributed by atoms with Crippen molar-refractivity contribution >= 4 is 21.6 Å². The smallest absolute Gasteiger partial charge is 0.128 e. The lowest BCUT2D eigenvalue weighted by atomic mass is 10.0. The third kappa shape index (κ3) is 3.20. The zero-order chi connectivity index (χ0) is 13.8. The van der Waals surface area contributed by atoms with E-state index in [4.69, 9.17) is 15.2 Å². The van der Waals surface area contributed by atoms with Gasteiger partial charge in [0.25, 0.3) is 0 Å². The van der Waals surface area contributed by atoms with Crippen molar-refractivity contribution in [3.8, 4) is 11.5 Å². The van der Waals surface area contributed by atoms with E-state index in [1.807, 2.05) is 24.3 Å². The quantitative estimate of drug-likeness (QED) is 0.874. The van der Waals surface area contributed by atoms with Gasteiger partial charge >= 0.3 is 0 Å². The van der Waals surface area contributed by atoms with Crippen LogP contribution in [0.1, 0.15) is 11.1 Å². The Bertz CT molecular complexity index is 542. The standard InChI is InChI=1S/C15H16BrNO2/c1-18-14-8-12(17)9-15(19-2)13(14)7-10-3-5-11(16)6-4-10/h3-6,8-9H,7,17H2,1-2H3. The molecule has 0 aliphatic heterocycles. The number of hydrogen-bond donors (Lipinski definition) is 1. The number of hydrogen-bond acceptors (Lipinski definition) is 3. The highest BCUT2D eigenvalue weighted by Crippen LogP contribution is 2.33. The first-order valence-electron chi connectivity index (χ1n) is 5.89.